The molecule has 3 aromatic rings. The third-order valence-electron chi connectivity index (χ3n) is 5.01. The molecule has 2 aliphatic rings. The second-order valence-corrected chi connectivity index (χ2v) is 7.02. The SMILES string of the molecule is O=C(Nc1ccc2c(c1)OC1(CCCC1)O2)c1cc(-c2cccc(F)c2)no1. The highest BCUT2D eigenvalue weighted by molar-refractivity contribution is 6.02. The lowest BCUT2D eigenvalue weighted by atomic mass is 10.1. The molecule has 0 saturated heterocycles. The molecule has 1 aromatic heterocycles. The molecule has 1 spiro atoms. The van der Waals surface area contributed by atoms with E-state index >= 15 is 0 Å². The molecule has 2 heterocycles. The fourth-order valence-electron chi connectivity index (χ4n) is 3.65. The Hall–Kier alpha value is -3.35. The van der Waals surface area contributed by atoms with Gasteiger partial charge in [0.1, 0.15) is 11.5 Å². The van der Waals surface area contributed by atoms with Gasteiger partial charge in [-0.25, -0.2) is 4.39 Å². The Morgan fingerprint density at radius 3 is 2.68 bits per heavy atom. The number of carbonyl (C=O) groups excluding carboxylic acids is 1. The smallest absolute Gasteiger partial charge is 0.294 e. The molecule has 1 N–H and O–H groups in total. The van der Waals surface area contributed by atoms with E-state index in [1.807, 2.05) is 0 Å². The van der Waals surface area contributed by atoms with Crippen molar-refractivity contribution in [2.75, 3.05) is 5.32 Å². The number of hydrogen-bond donors (Lipinski definition) is 1. The summed E-state index contributed by atoms with van der Waals surface area (Å²) in [5, 5.41) is 6.61. The van der Waals surface area contributed by atoms with Gasteiger partial charge in [0.15, 0.2) is 11.5 Å². The molecule has 7 heteroatoms. The van der Waals surface area contributed by atoms with Crippen molar-refractivity contribution in [3.8, 4) is 22.8 Å². The molecule has 2 aromatic carbocycles. The molecular weight excluding hydrogens is 363 g/mol. The van der Waals surface area contributed by atoms with E-state index in [4.69, 9.17) is 14.0 Å². The van der Waals surface area contributed by atoms with Gasteiger partial charge in [-0.05, 0) is 37.1 Å². The maximum absolute atomic E-state index is 13.4. The van der Waals surface area contributed by atoms with Crippen molar-refractivity contribution < 1.29 is 23.2 Å². The van der Waals surface area contributed by atoms with Gasteiger partial charge in [0.2, 0.25) is 5.76 Å². The van der Waals surface area contributed by atoms with Gasteiger partial charge >= 0.3 is 0 Å². The van der Waals surface area contributed by atoms with Crippen molar-refractivity contribution in [2.45, 2.75) is 31.5 Å². The van der Waals surface area contributed by atoms with Crippen LogP contribution in [0.5, 0.6) is 11.5 Å². The summed E-state index contributed by atoms with van der Waals surface area (Å²) in [6.45, 7) is 0. The van der Waals surface area contributed by atoms with Gasteiger partial charge in [0, 0.05) is 36.2 Å². The molecule has 1 amide bonds. The molecule has 0 unspecified atom stereocenters. The molecule has 0 radical (unpaired) electrons. The monoisotopic (exact) mass is 380 g/mol. The van der Waals surface area contributed by atoms with Gasteiger partial charge in [-0.1, -0.05) is 17.3 Å². The largest absolute Gasteiger partial charge is 0.448 e. The Labute approximate surface area is 160 Å². The van der Waals surface area contributed by atoms with Crippen LogP contribution in [0.15, 0.2) is 53.1 Å². The number of aromatic nitrogens is 1. The van der Waals surface area contributed by atoms with Crippen LogP contribution in [0.2, 0.25) is 0 Å². The fraction of sp³-hybridized carbons (Fsp3) is 0.238. The van der Waals surface area contributed by atoms with Crippen molar-refractivity contribution in [3.05, 3.63) is 60.1 Å². The molecular formula is C21H17FN2O4. The lowest BCUT2D eigenvalue weighted by molar-refractivity contribution is -0.0716. The molecule has 1 fully saturated rings. The number of ether oxygens (including phenoxy) is 2. The number of benzene rings is 2. The number of halogens is 1. The van der Waals surface area contributed by atoms with Gasteiger partial charge in [-0.15, -0.1) is 0 Å². The number of nitrogens with one attached hydrogen (secondary N) is 1. The van der Waals surface area contributed by atoms with Crippen LogP contribution in [0.4, 0.5) is 10.1 Å². The van der Waals surface area contributed by atoms with Crippen LogP contribution in [0, 0.1) is 5.82 Å². The molecule has 0 atom stereocenters. The number of amides is 1. The Kier molecular flexibility index (Phi) is 3.82. The minimum atomic E-state index is -0.546. The summed E-state index contributed by atoms with van der Waals surface area (Å²) < 4.78 is 30.5. The molecule has 5 rings (SSSR count). The van der Waals surface area contributed by atoms with E-state index in [0.717, 1.165) is 25.7 Å². The zero-order valence-electron chi connectivity index (χ0n) is 14.9. The zero-order chi connectivity index (χ0) is 19.1. The number of fused-ring (bicyclic) bond motifs is 1. The minimum absolute atomic E-state index is 0.0317. The van der Waals surface area contributed by atoms with Crippen molar-refractivity contribution >= 4 is 11.6 Å². The Balaban J connectivity index is 1.32. The van der Waals surface area contributed by atoms with Crippen molar-refractivity contribution in [1.82, 2.24) is 5.16 Å². The van der Waals surface area contributed by atoms with Crippen molar-refractivity contribution in [3.63, 3.8) is 0 Å². The number of carbonyl (C=O) groups is 1. The van der Waals surface area contributed by atoms with Crippen LogP contribution in [0.25, 0.3) is 11.3 Å². The van der Waals surface area contributed by atoms with Gasteiger partial charge < -0.3 is 19.3 Å². The van der Waals surface area contributed by atoms with E-state index in [2.05, 4.69) is 10.5 Å². The molecule has 6 nitrogen and oxygen atoms in total. The summed E-state index contributed by atoms with van der Waals surface area (Å²) in [5.74, 6) is -0.0400. The highest BCUT2D eigenvalue weighted by atomic mass is 19.1. The van der Waals surface area contributed by atoms with Crippen molar-refractivity contribution in [2.24, 2.45) is 0 Å². The quantitative estimate of drug-likeness (QED) is 0.708. The summed E-state index contributed by atoms with van der Waals surface area (Å²) in [6.07, 6.45) is 3.89. The summed E-state index contributed by atoms with van der Waals surface area (Å²) in [4.78, 5) is 12.5. The lowest BCUT2D eigenvalue weighted by Crippen LogP contribution is -2.34. The number of rotatable bonds is 3. The standard InChI is InChI=1S/C21H17FN2O4/c22-14-5-3-4-13(10-14)16-12-19(28-24-16)20(25)23-15-6-7-17-18(11-15)27-21(26-17)8-1-2-9-21/h3-7,10-12H,1-2,8-9H2,(H,23,25). The van der Waals surface area contributed by atoms with Crippen LogP contribution in [0.3, 0.4) is 0 Å². The fourth-order valence-corrected chi connectivity index (χ4v) is 3.65. The maximum atomic E-state index is 13.4. The topological polar surface area (TPSA) is 73.6 Å². The third-order valence-corrected chi connectivity index (χ3v) is 5.01. The van der Waals surface area contributed by atoms with Crippen LogP contribution >= 0.6 is 0 Å². The molecule has 28 heavy (non-hydrogen) atoms. The molecule has 1 aliphatic heterocycles. The molecule has 1 aliphatic carbocycles. The summed E-state index contributed by atoms with van der Waals surface area (Å²) in [6, 6.07) is 12.7. The van der Waals surface area contributed by atoms with Gasteiger partial charge in [0.25, 0.3) is 11.7 Å². The summed E-state index contributed by atoms with van der Waals surface area (Å²) >= 11 is 0. The summed E-state index contributed by atoms with van der Waals surface area (Å²) in [5.41, 5.74) is 1.48. The van der Waals surface area contributed by atoms with Crippen molar-refractivity contribution in [1.29, 1.82) is 0 Å². The van der Waals surface area contributed by atoms with Gasteiger partial charge in [-0.3, -0.25) is 4.79 Å². The van der Waals surface area contributed by atoms with E-state index in [1.54, 1.807) is 30.3 Å². The average Bonchev–Trinajstić information content (AvgIpc) is 3.41. The third kappa shape index (κ3) is 2.98. The van der Waals surface area contributed by atoms with E-state index < -0.39 is 11.7 Å². The Morgan fingerprint density at radius 1 is 1.04 bits per heavy atom. The van der Waals surface area contributed by atoms with Gasteiger partial charge in [0.05, 0.1) is 0 Å². The number of hydrogen-bond acceptors (Lipinski definition) is 5. The first-order chi connectivity index (χ1) is 13.6. The molecule has 1 saturated carbocycles. The lowest BCUT2D eigenvalue weighted by Gasteiger charge is -2.21. The van der Waals surface area contributed by atoms with Crippen LogP contribution in [0.1, 0.15) is 36.2 Å². The van der Waals surface area contributed by atoms with E-state index in [1.165, 1.54) is 18.2 Å². The van der Waals surface area contributed by atoms with Crippen LogP contribution in [-0.2, 0) is 0 Å². The van der Waals surface area contributed by atoms with Crippen LogP contribution < -0.4 is 14.8 Å². The van der Waals surface area contributed by atoms with E-state index in [0.29, 0.717) is 28.4 Å². The molecule has 0 bridgehead atoms. The van der Waals surface area contributed by atoms with E-state index in [9.17, 15) is 9.18 Å². The second kappa shape index (κ2) is 6.37. The second-order valence-electron chi connectivity index (χ2n) is 7.02. The van der Waals surface area contributed by atoms with Gasteiger partial charge in [-0.2, -0.15) is 0 Å². The first-order valence-electron chi connectivity index (χ1n) is 9.16. The highest BCUT2D eigenvalue weighted by Crippen LogP contribution is 2.47. The number of anilines is 1. The normalized spacial score (nSPS) is 16.5. The maximum Gasteiger partial charge on any atom is 0.294 e. The number of nitrogens with zero attached hydrogens (tertiary/aromatic N) is 1. The van der Waals surface area contributed by atoms with E-state index in [-0.39, 0.29) is 11.6 Å². The summed E-state index contributed by atoms with van der Waals surface area (Å²) in [7, 11) is 0. The Bertz CT molecular complexity index is 1060. The predicted octanol–water partition coefficient (Wildman–Crippen LogP) is 4.77. The average molecular weight is 380 g/mol. The molecule has 142 valence electrons. The highest BCUT2D eigenvalue weighted by Gasteiger charge is 2.44. The minimum Gasteiger partial charge on any atom is -0.448 e. The first kappa shape index (κ1) is 16.8. The van der Waals surface area contributed by atoms with Crippen LogP contribution in [-0.4, -0.2) is 16.9 Å². The first-order valence-corrected chi connectivity index (χ1v) is 9.16. The zero-order valence-corrected chi connectivity index (χ0v) is 14.9. The Morgan fingerprint density at radius 2 is 1.86 bits per heavy atom. The predicted molar refractivity (Wildman–Crippen MR) is 98.7 cm³/mol.